The topological polar surface area (TPSA) is 0 Å². The highest BCUT2D eigenvalue weighted by Gasteiger charge is 2.24. The van der Waals surface area contributed by atoms with Gasteiger partial charge in [-0.05, 0) is 30.6 Å². The Kier molecular flexibility index (Phi) is 3.35. The van der Waals surface area contributed by atoms with Crippen molar-refractivity contribution in [1.82, 2.24) is 0 Å². The first-order chi connectivity index (χ1) is 5.24. The molecular weight excluding hydrogens is 139 g/mol. The lowest BCUT2D eigenvalue weighted by Gasteiger charge is -2.32. The van der Waals surface area contributed by atoms with Crippen LogP contribution >= 0.6 is 0 Å². The first kappa shape index (κ1) is 9.02. The summed E-state index contributed by atoms with van der Waals surface area (Å²) < 4.78 is 12.1. The summed E-state index contributed by atoms with van der Waals surface area (Å²) in [5.74, 6) is 2.27. The fraction of sp³-hybridized carbons (Fsp3) is 1.00. The third-order valence-electron chi connectivity index (χ3n) is 3.10. The fourth-order valence-corrected chi connectivity index (χ4v) is 2.19. The highest BCUT2D eigenvalue weighted by Crippen LogP contribution is 2.35. The number of alkyl halides is 1. The molecule has 0 N–H and O–H groups in total. The summed E-state index contributed by atoms with van der Waals surface area (Å²) in [6.07, 6.45) is 4.71. The monoisotopic (exact) mass is 158 g/mol. The lowest BCUT2D eigenvalue weighted by molar-refractivity contribution is 0.181. The Bertz CT molecular complexity index is 111. The smallest absolute Gasteiger partial charge is 0.0897 e. The van der Waals surface area contributed by atoms with Gasteiger partial charge in [0.1, 0.15) is 0 Å². The Morgan fingerprint density at radius 1 is 1.27 bits per heavy atom. The molecule has 1 fully saturated rings. The maximum absolute atomic E-state index is 12.1. The van der Waals surface area contributed by atoms with Crippen molar-refractivity contribution in [3.63, 3.8) is 0 Å². The molecule has 0 heterocycles. The highest BCUT2D eigenvalue weighted by atomic mass is 19.1. The van der Waals surface area contributed by atoms with E-state index in [1.165, 1.54) is 19.3 Å². The fourth-order valence-electron chi connectivity index (χ4n) is 2.19. The quantitative estimate of drug-likeness (QED) is 0.577. The first-order valence-corrected chi connectivity index (χ1v) is 4.80. The minimum absolute atomic E-state index is 0.123. The molecule has 1 heteroatoms. The van der Waals surface area contributed by atoms with E-state index in [4.69, 9.17) is 0 Å². The standard InChI is InChI=1S/C10H19F/c1-8-3-4-9(2)10(7-8)5-6-11/h8-10H,3-7H2,1-2H3. The van der Waals surface area contributed by atoms with Crippen molar-refractivity contribution in [3.8, 4) is 0 Å². The Balaban J connectivity index is 2.34. The number of rotatable bonds is 2. The van der Waals surface area contributed by atoms with Gasteiger partial charge < -0.3 is 0 Å². The van der Waals surface area contributed by atoms with Gasteiger partial charge in [-0.15, -0.1) is 0 Å². The molecule has 3 unspecified atom stereocenters. The molecule has 0 radical (unpaired) electrons. The summed E-state index contributed by atoms with van der Waals surface area (Å²) in [5.41, 5.74) is 0. The van der Waals surface area contributed by atoms with E-state index in [-0.39, 0.29) is 6.67 Å². The Morgan fingerprint density at radius 2 is 2.00 bits per heavy atom. The summed E-state index contributed by atoms with van der Waals surface area (Å²) in [6, 6.07) is 0. The van der Waals surface area contributed by atoms with Crippen LogP contribution in [-0.2, 0) is 0 Å². The van der Waals surface area contributed by atoms with Gasteiger partial charge in [0.15, 0.2) is 0 Å². The van der Waals surface area contributed by atoms with Gasteiger partial charge >= 0.3 is 0 Å². The van der Waals surface area contributed by atoms with Gasteiger partial charge in [-0.2, -0.15) is 0 Å². The molecule has 1 saturated carbocycles. The summed E-state index contributed by atoms with van der Waals surface area (Å²) >= 11 is 0. The van der Waals surface area contributed by atoms with Crippen molar-refractivity contribution in [2.75, 3.05) is 6.67 Å². The van der Waals surface area contributed by atoms with Crippen LogP contribution in [0.1, 0.15) is 39.5 Å². The van der Waals surface area contributed by atoms with E-state index in [9.17, 15) is 4.39 Å². The van der Waals surface area contributed by atoms with Crippen LogP contribution < -0.4 is 0 Å². The zero-order valence-electron chi connectivity index (χ0n) is 7.65. The molecule has 0 aromatic carbocycles. The molecule has 0 nitrogen and oxygen atoms in total. The van der Waals surface area contributed by atoms with E-state index < -0.39 is 0 Å². The second-order valence-electron chi connectivity index (χ2n) is 4.13. The molecule has 1 rings (SSSR count). The Hall–Kier alpha value is -0.0700. The van der Waals surface area contributed by atoms with Crippen molar-refractivity contribution >= 4 is 0 Å². The summed E-state index contributed by atoms with van der Waals surface area (Å²) in [7, 11) is 0. The molecular formula is C10H19F. The van der Waals surface area contributed by atoms with Crippen molar-refractivity contribution in [1.29, 1.82) is 0 Å². The maximum Gasteiger partial charge on any atom is 0.0897 e. The van der Waals surface area contributed by atoms with Gasteiger partial charge in [-0.25, -0.2) is 0 Å². The first-order valence-electron chi connectivity index (χ1n) is 4.80. The molecule has 0 aromatic rings. The van der Waals surface area contributed by atoms with Crippen LogP contribution in [0, 0.1) is 17.8 Å². The van der Waals surface area contributed by atoms with Crippen molar-refractivity contribution in [3.05, 3.63) is 0 Å². The molecule has 0 amide bonds. The molecule has 11 heavy (non-hydrogen) atoms. The average molecular weight is 158 g/mol. The minimum Gasteiger partial charge on any atom is -0.251 e. The largest absolute Gasteiger partial charge is 0.251 e. The van der Waals surface area contributed by atoms with Crippen LogP contribution in [0.4, 0.5) is 4.39 Å². The molecule has 66 valence electrons. The Morgan fingerprint density at radius 3 is 2.64 bits per heavy atom. The van der Waals surface area contributed by atoms with E-state index in [2.05, 4.69) is 13.8 Å². The third-order valence-corrected chi connectivity index (χ3v) is 3.10. The molecule has 0 spiro atoms. The summed E-state index contributed by atoms with van der Waals surface area (Å²) in [6.45, 7) is 4.44. The molecule has 0 aromatic heterocycles. The van der Waals surface area contributed by atoms with E-state index in [0.29, 0.717) is 5.92 Å². The number of hydrogen-bond acceptors (Lipinski definition) is 0. The van der Waals surface area contributed by atoms with Crippen LogP contribution in [0.2, 0.25) is 0 Å². The van der Waals surface area contributed by atoms with Crippen LogP contribution in [0.25, 0.3) is 0 Å². The van der Waals surface area contributed by atoms with Gasteiger partial charge in [0, 0.05) is 0 Å². The average Bonchev–Trinajstić information content (AvgIpc) is 1.98. The van der Waals surface area contributed by atoms with Gasteiger partial charge in [0.05, 0.1) is 6.67 Å². The van der Waals surface area contributed by atoms with Gasteiger partial charge in [0.2, 0.25) is 0 Å². The Labute approximate surface area is 69.2 Å². The molecule has 1 aliphatic rings. The second kappa shape index (κ2) is 4.08. The summed E-state index contributed by atoms with van der Waals surface area (Å²) in [4.78, 5) is 0. The molecule has 3 atom stereocenters. The second-order valence-corrected chi connectivity index (χ2v) is 4.13. The molecule has 0 aliphatic heterocycles. The number of hydrogen-bond donors (Lipinski definition) is 0. The van der Waals surface area contributed by atoms with E-state index in [0.717, 1.165) is 18.3 Å². The van der Waals surface area contributed by atoms with Gasteiger partial charge in [-0.1, -0.05) is 26.7 Å². The lowest BCUT2D eigenvalue weighted by atomic mass is 9.74. The van der Waals surface area contributed by atoms with Crippen LogP contribution in [0.3, 0.4) is 0 Å². The van der Waals surface area contributed by atoms with Crippen molar-refractivity contribution in [2.24, 2.45) is 17.8 Å². The predicted molar refractivity (Wildman–Crippen MR) is 46.3 cm³/mol. The highest BCUT2D eigenvalue weighted by molar-refractivity contribution is 4.75. The van der Waals surface area contributed by atoms with Gasteiger partial charge in [-0.3, -0.25) is 4.39 Å². The minimum atomic E-state index is -0.123. The van der Waals surface area contributed by atoms with Crippen LogP contribution in [0.15, 0.2) is 0 Å². The predicted octanol–water partition coefficient (Wildman–Crippen LogP) is 3.42. The molecule has 0 saturated heterocycles. The van der Waals surface area contributed by atoms with Gasteiger partial charge in [0.25, 0.3) is 0 Å². The third kappa shape index (κ3) is 2.46. The van der Waals surface area contributed by atoms with Crippen molar-refractivity contribution < 1.29 is 4.39 Å². The lowest BCUT2D eigenvalue weighted by Crippen LogP contribution is -2.21. The van der Waals surface area contributed by atoms with E-state index in [1.807, 2.05) is 0 Å². The zero-order chi connectivity index (χ0) is 8.27. The summed E-state index contributed by atoms with van der Waals surface area (Å²) in [5, 5.41) is 0. The number of halogens is 1. The van der Waals surface area contributed by atoms with Crippen molar-refractivity contribution in [2.45, 2.75) is 39.5 Å². The van der Waals surface area contributed by atoms with E-state index in [1.54, 1.807) is 0 Å². The maximum atomic E-state index is 12.1. The normalized spacial score (nSPS) is 39.0. The SMILES string of the molecule is CC1CCC(C)C(CCF)C1. The molecule has 0 bridgehead atoms. The zero-order valence-corrected chi connectivity index (χ0v) is 7.65. The van der Waals surface area contributed by atoms with Crippen LogP contribution in [-0.4, -0.2) is 6.67 Å². The van der Waals surface area contributed by atoms with E-state index >= 15 is 0 Å². The van der Waals surface area contributed by atoms with Crippen LogP contribution in [0.5, 0.6) is 0 Å². The molecule has 1 aliphatic carbocycles.